The van der Waals surface area contributed by atoms with Gasteiger partial charge in [-0.3, -0.25) is 14.3 Å². The first-order valence-corrected chi connectivity index (χ1v) is 11.2. The van der Waals surface area contributed by atoms with Crippen LogP contribution in [-0.2, 0) is 19.6 Å². The molecule has 4 heterocycles. The van der Waals surface area contributed by atoms with Crippen LogP contribution in [0.2, 0.25) is 5.02 Å². The van der Waals surface area contributed by atoms with Crippen LogP contribution < -0.4 is 10.3 Å². The van der Waals surface area contributed by atoms with Crippen LogP contribution in [0.5, 0.6) is 5.75 Å². The first-order chi connectivity index (χ1) is 15.5. The highest BCUT2D eigenvalue weighted by atomic mass is 35.5. The van der Waals surface area contributed by atoms with Gasteiger partial charge in [-0.1, -0.05) is 17.7 Å². The summed E-state index contributed by atoms with van der Waals surface area (Å²) < 4.78 is 8.30. The third kappa shape index (κ3) is 3.94. The summed E-state index contributed by atoms with van der Waals surface area (Å²) in [6.45, 7) is 1.15. The number of carbonyl (C=O) groups is 1. The molecule has 0 saturated heterocycles. The Bertz CT molecular complexity index is 1380. The molecule has 0 saturated carbocycles. The molecule has 0 unspecified atom stereocenters. The average Bonchev–Trinajstić information content (AvgIpc) is 3.15. The van der Waals surface area contributed by atoms with Gasteiger partial charge in [0.1, 0.15) is 12.4 Å². The summed E-state index contributed by atoms with van der Waals surface area (Å²) in [4.78, 5) is 30.7. The van der Waals surface area contributed by atoms with Gasteiger partial charge in [0.15, 0.2) is 0 Å². The number of thiophene rings is 1. The molecule has 5 rings (SSSR count). The summed E-state index contributed by atoms with van der Waals surface area (Å²) in [5, 5.41) is 11.0. The number of pyridine rings is 2. The number of hydrogen-bond acceptors (Lipinski definition) is 5. The Hall–Kier alpha value is -3.36. The number of rotatable bonds is 4. The van der Waals surface area contributed by atoms with Crippen molar-refractivity contribution < 1.29 is 14.6 Å². The molecule has 4 aromatic rings. The molecule has 0 fully saturated rings. The topological polar surface area (TPSA) is 84.7 Å². The molecule has 1 aliphatic heterocycles. The fourth-order valence-electron chi connectivity index (χ4n) is 3.82. The van der Waals surface area contributed by atoms with Gasteiger partial charge in [0.05, 0.1) is 22.9 Å². The zero-order chi connectivity index (χ0) is 22.2. The van der Waals surface area contributed by atoms with Crippen LogP contribution in [0.25, 0.3) is 15.8 Å². The number of aromatic nitrogens is 2. The highest BCUT2D eigenvalue weighted by molar-refractivity contribution is 7.19. The quantitative estimate of drug-likeness (QED) is 0.469. The maximum Gasteiger partial charge on any atom is 0.407 e. The summed E-state index contributed by atoms with van der Waals surface area (Å²) in [6.07, 6.45) is 3.05. The van der Waals surface area contributed by atoms with Crippen molar-refractivity contribution in [2.45, 2.75) is 19.6 Å². The van der Waals surface area contributed by atoms with Gasteiger partial charge in [0, 0.05) is 34.6 Å². The fraction of sp³-hybridized carbons (Fsp3) is 0.174. The zero-order valence-electron chi connectivity index (χ0n) is 16.8. The molecule has 1 aromatic carbocycles. The van der Waals surface area contributed by atoms with Crippen LogP contribution in [0.15, 0.2) is 59.7 Å². The molecule has 0 spiro atoms. The smallest absolute Gasteiger partial charge is 0.407 e. The Kier molecular flexibility index (Phi) is 5.32. The number of nitrogens with zero attached hydrogens (tertiary/aromatic N) is 3. The van der Waals surface area contributed by atoms with Crippen molar-refractivity contribution in [3.05, 3.63) is 86.4 Å². The minimum Gasteiger partial charge on any atom is -0.487 e. The van der Waals surface area contributed by atoms with Crippen LogP contribution in [0.3, 0.4) is 0 Å². The molecule has 1 N–H and O–H groups in total. The Balaban J connectivity index is 1.38. The van der Waals surface area contributed by atoms with Crippen LogP contribution in [0.1, 0.15) is 16.1 Å². The largest absolute Gasteiger partial charge is 0.487 e. The third-order valence-corrected chi connectivity index (χ3v) is 6.84. The van der Waals surface area contributed by atoms with Gasteiger partial charge in [-0.15, -0.1) is 11.3 Å². The average molecular weight is 468 g/mol. The van der Waals surface area contributed by atoms with Gasteiger partial charge in [0.2, 0.25) is 0 Å². The second-order valence-electron chi connectivity index (χ2n) is 7.47. The lowest BCUT2D eigenvalue weighted by Gasteiger charge is -2.23. The summed E-state index contributed by atoms with van der Waals surface area (Å²) >= 11 is 7.42. The molecule has 0 atom stereocenters. The van der Waals surface area contributed by atoms with E-state index in [1.54, 1.807) is 46.5 Å². The number of hydrogen-bond donors (Lipinski definition) is 1. The number of halogens is 1. The standard InChI is InChI=1S/C23H18ClN3O4S/c24-14-1-2-15(25-11-14)13-31-17-5-8-27(22(28)10-17)16-3-4-18-19-6-7-26(23(29)30)12-21(19)32-20(18)9-16/h1-5,8-11H,6-7,12-13H2,(H,29,30). The Labute approximate surface area is 192 Å². The van der Waals surface area contributed by atoms with Crippen molar-refractivity contribution in [2.75, 3.05) is 6.54 Å². The van der Waals surface area contributed by atoms with Crippen LogP contribution in [-0.4, -0.2) is 32.2 Å². The van der Waals surface area contributed by atoms with Gasteiger partial charge in [-0.25, -0.2) is 4.79 Å². The van der Waals surface area contributed by atoms with Crippen molar-refractivity contribution in [3.8, 4) is 11.4 Å². The van der Waals surface area contributed by atoms with Gasteiger partial charge in [-0.05, 0) is 47.7 Å². The molecule has 1 aliphatic rings. The van der Waals surface area contributed by atoms with E-state index < -0.39 is 6.09 Å². The van der Waals surface area contributed by atoms with Crippen LogP contribution in [0.4, 0.5) is 4.79 Å². The molecular weight excluding hydrogens is 450 g/mol. The Morgan fingerprint density at radius 2 is 2.09 bits per heavy atom. The predicted molar refractivity (Wildman–Crippen MR) is 123 cm³/mol. The lowest BCUT2D eigenvalue weighted by molar-refractivity contribution is 0.140. The fourth-order valence-corrected chi connectivity index (χ4v) is 5.23. The normalized spacial score (nSPS) is 13.2. The molecule has 3 aromatic heterocycles. The van der Waals surface area contributed by atoms with Crippen molar-refractivity contribution in [1.29, 1.82) is 0 Å². The van der Waals surface area contributed by atoms with E-state index in [1.807, 2.05) is 18.2 Å². The van der Waals surface area contributed by atoms with E-state index in [0.29, 0.717) is 36.0 Å². The monoisotopic (exact) mass is 467 g/mol. The molecule has 0 radical (unpaired) electrons. The van der Waals surface area contributed by atoms with E-state index in [2.05, 4.69) is 4.98 Å². The predicted octanol–water partition coefficient (Wildman–Crippen LogP) is 4.72. The summed E-state index contributed by atoms with van der Waals surface area (Å²) in [6, 6.07) is 12.6. The van der Waals surface area contributed by atoms with Crippen molar-refractivity contribution >= 4 is 39.1 Å². The van der Waals surface area contributed by atoms with E-state index in [0.717, 1.165) is 20.7 Å². The Morgan fingerprint density at radius 3 is 2.84 bits per heavy atom. The molecule has 7 nitrogen and oxygen atoms in total. The van der Waals surface area contributed by atoms with Gasteiger partial charge < -0.3 is 14.7 Å². The van der Waals surface area contributed by atoms with E-state index in [9.17, 15) is 14.7 Å². The number of fused-ring (bicyclic) bond motifs is 3. The van der Waals surface area contributed by atoms with Crippen LogP contribution in [0, 0.1) is 0 Å². The lowest BCUT2D eigenvalue weighted by atomic mass is 10.0. The van der Waals surface area contributed by atoms with Gasteiger partial charge in [-0.2, -0.15) is 0 Å². The summed E-state index contributed by atoms with van der Waals surface area (Å²) in [7, 11) is 0. The highest BCUT2D eigenvalue weighted by Crippen LogP contribution is 2.36. The second-order valence-corrected chi connectivity index (χ2v) is 9.04. The van der Waals surface area contributed by atoms with Gasteiger partial charge >= 0.3 is 6.09 Å². The molecule has 32 heavy (non-hydrogen) atoms. The second kappa shape index (κ2) is 8.29. The minimum absolute atomic E-state index is 0.204. The third-order valence-electron chi connectivity index (χ3n) is 5.44. The van der Waals surface area contributed by atoms with E-state index in [-0.39, 0.29) is 12.2 Å². The van der Waals surface area contributed by atoms with E-state index in [1.165, 1.54) is 16.5 Å². The molecular formula is C23H18ClN3O4S. The van der Waals surface area contributed by atoms with Crippen molar-refractivity contribution in [1.82, 2.24) is 14.5 Å². The zero-order valence-corrected chi connectivity index (χ0v) is 18.4. The molecule has 0 bridgehead atoms. The van der Waals surface area contributed by atoms with Crippen molar-refractivity contribution in [3.63, 3.8) is 0 Å². The number of ether oxygens (including phenoxy) is 1. The SMILES string of the molecule is O=C(O)N1CCc2c(sc3cc(-n4ccc(OCc5ccc(Cl)cn5)cc4=O)ccc23)C1. The first kappa shape index (κ1) is 20.5. The molecule has 0 aliphatic carbocycles. The lowest BCUT2D eigenvalue weighted by Crippen LogP contribution is -2.33. The number of benzene rings is 1. The maximum absolute atomic E-state index is 12.7. The number of amides is 1. The van der Waals surface area contributed by atoms with Crippen molar-refractivity contribution in [2.24, 2.45) is 0 Å². The molecule has 9 heteroatoms. The maximum atomic E-state index is 12.7. The summed E-state index contributed by atoms with van der Waals surface area (Å²) in [5.74, 6) is 0.462. The first-order valence-electron chi connectivity index (χ1n) is 9.96. The van der Waals surface area contributed by atoms with Gasteiger partial charge in [0.25, 0.3) is 5.56 Å². The number of carboxylic acid groups (broad SMARTS) is 1. The Morgan fingerprint density at radius 1 is 1.22 bits per heavy atom. The summed E-state index contributed by atoms with van der Waals surface area (Å²) in [5.41, 5.74) is 2.47. The highest BCUT2D eigenvalue weighted by Gasteiger charge is 2.23. The molecule has 162 valence electrons. The minimum atomic E-state index is -0.894. The van der Waals surface area contributed by atoms with Crippen LogP contribution >= 0.6 is 22.9 Å². The van der Waals surface area contributed by atoms with E-state index >= 15 is 0 Å². The molecule has 1 amide bonds. The van der Waals surface area contributed by atoms with E-state index in [4.69, 9.17) is 16.3 Å².